The Morgan fingerprint density at radius 1 is 0.412 bits per heavy atom. The van der Waals surface area contributed by atoms with Crippen LogP contribution < -0.4 is 10.6 Å². The number of amides is 1. The molecule has 0 saturated heterocycles. The lowest BCUT2D eigenvalue weighted by Gasteiger charge is -2.32. The number of aliphatic hydroxyl groups excluding tert-OH is 1. The van der Waals surface area contributed by atoms with Gasteiger partial charge in [0.2, 0.25) is 5.91 Å². The zero-order valence-corrected chi connectivity index (χ0v) is 46.1. The molecule has 9 nitrogen and oxygen atoms in total. The molecular weight excluding hydrogens is 847 g/mol. The number of ether oxygens (including phenoxy) is 2. The Hall–Kier alpha value is -1.71. The Balaban J connectivity index is 5.07. The monoisotopic (exact) mass is 964 g/mol. The number of aliphatic hydroxyl groups is 1. The zero-order chi connectivity index (χ0) is 49.8. The van der Waals surface area contributed by atoms with Gasteiger partial charge in [-0.15, -0.1) is 0 Å². The first-order valence-electron chi connectivity index (χ1n) is 30.0. The molecule has 0 spiro atoms. The zero-order valence-electron chi connectivity index (χ0n) is 46.1. The van der Waals surface area contributed by atoms with Gasteiger partial charge in [0.25, 0.3) is 0 Å². The SMILES string of the molecule is CCCCCCCCCN(CCCCC(=O)NCCO)C(CCCCCCCCC(=O)OCC(CCCCC)CCCCCC)CCCCNCCCC(=O)OCC(CCCC)CCCCCC. The van der Waals surface area contributed by atoms with Crippen LogP contribution in [0.3, 0.4) is 0 Å². The van der Waals surface area contributed by atoms with E-state index in [1.54, 1.807) is 0 Å². The summed E-state index contributed by atoms with van der Waals surface area (Å²) in [6.07, 6.45) is 46.1. The second-order valence-corrected chi connectivity index (χ2v) is 20.8. The minimum absolute atomic E-state index is 0.00139. The molecule has 0 heterocycles. The van der Waals surface area contributed by atoms with Gasteiger partial charge in [-0.25, -0.2) is 0 Å². The van der Waals surface area contributed by atoms with Crippen molar-refractivity contribution < 1.29 is 29.0 Å². The first kappa shape index (κ1) is 66.3. The molecule has 0 aromatic heterocycles. The Morgan fingerprint density at radius 3 is 1.35 bits per heavy atom. The second kappa shape index (κ2) is 53.1. The first-order chi connectivity index (χ1) is 33.3. The molecule has 3 unspecified atom stereocenters. The molecule has 0 aliphatic heterocycles. The molecule has 3 atom stereocenters. The summed E-state index contributed by atoms with van der Waals surface area (Å²) in [5.41, 5.74) is 0. The smallest absolute Gasteiger partial charge is 0.305 e. The number of carbonyl (C=O) groups excluding carboxylic acids is 3. The highest BCUT2D eigenvalue weighted by atomic mass is 16.5. The molecule has 1 amide bonds. The van der Waals surface area contributed by atoms with Crippen molar-refractivity contribution >= 4 is 17.8 Å². The van der Waals surface area contributed by atoms with Crippen molar-refractivity contribution in [2.24, 2.45) is 11.8 Å². The van der Waals surface area contributed by atoms with Crippen LogP contribution in [0.4, 0.5) is 0 Å². The molecule has 0 radical (unpaired) electrons. The van der Waals surface area contributed by atoms with Gasteiger partial charge in [-0.2, -0.15) is 0 Å². The molecule has 9 heteroatoms. The summed E-state index contributed by atoms with van der Waals surface area (Å²) in [7, 11) is 0. The average Bonchev–Trinajstić information content (AvgIpc) is 3.34. The highest BCUT2D eigenvalue weighted by Crippen LogP contribution is 2.22. The summed E-state index contributed by atoms with van der Waals surface area (Å²) in [5.74, 6) is 1.03. The highest BCUT2D eigenvalue weighted by Gasteiger charge is 2.19. The molecule has 0 aromatic rings. The van der Waals surface area contributed by atoms with Crippen LogP contribution in [-0.2, 0) is 23.9 Å². The van der Waals surface area contributed by atoms with Crippen LogP contribution >= 0.6 is 0 Å². The summed E-state index contributed by atoms with van der Waals surface area (Å²) in [5, 5.41) is 15.6. The van der Waals surface area contributed by atoms with E-state index in [0.29, 0.717) is 56.9 Å². The molecule has 0 bridgehead atoms. The summed E-state index contributed by atoms with van der Waals surface area (Å²) >= 11 is 0. The maximum absolute atomic E-state index is 12.7. The largest absolute Gasteiger partial charge is 0.465 e. The Bertz CT molecular complexity index is 1080. The Kier molecular flexibility index (Phi) is 51.8. The maximum Gasteiger partial charge on any atom is 0.305 e. The van der Waals surface area contributed by atoms with Crippen molar-refractivity contribution in [1.29, 1.82) is 0 Å². The summed E-state index contributed by atoms with van der Waals surface area (Å²) in [6.45, 7) is 16.8. The summed E-state index contributed by atoms with van der Waals surface area (Å²) < 4.78 is 11.6. The quantitative estimate of drug-likeness (QED) is 0.0408. The third-order valence-electron chi connectivity index (χ3n) is 14.2. The van der Waals surface area contributed by atoms with Crippen molar-refractivity contribution in [3.63, 3.8) is 0 Å². The standard InChI is InChI=1S/C59H117N3O6/c1-6-11-16-19-22-25-34-49-62(50-35-32-43-57(64)61-48-51-63)56(42-31-33-46-60-47-36-45-59(66)68-52-54(37-15-10-5)39-27-17-12-7-2)41-29-23-20-21-24-30-44-58(65)67-53-55(38-26-14-9-4)40-28-18-13-8-3/h54-56,60,63H,6-53H2,1-5H3,(H,61,64). The van der Waals surface area contributed by atoms with Crippen LogP contribution in [0.25, 0.3) is 0 Å². The molecule has 0 aliphatic carbocycles. The lowest BCUT2D eigenvalue weighted by atomic mass is 9.95. The van der Waals surface area contributed by atoms with Crippen molar-refractivity contribution in [2.45, 2.75) is 297 Å². The number of carbonyl (C=O) groups is 3. The van der Waals surface area contributed by atoms with E-state index < -0.39 is 0 Å². The minimum Gasteiger partial charge on any atom is -0.465 e. The summed E-state index contributed by atoms with van der Waals surface area (Å²) in [4.78, 5) is 40.3. The lowest BCUT2D eigenvalue weighted by Crippen LogP contribution is -2.37. The van der Waals surface area contributed by atoms with Gasteiger partial charge in [0, 0.05) is 31.8 Å². The second-order valence-electron chi connectivity index (χ2n) is 20.8. The van der Waals surface area contributed by atoms with Gasteiger partial charge in [0.15, 0.2) is 0 Å². The minimum atomic E-state index is -0.0404. The Labute approximate surface area is 422 Å². The van der Waals surface area contributed by atoms with Gasteiger partial charge >= 0.3 is 11.9 Å². The average molecular weight is 965 g/mol. The van der Waals surface area contributed by atoms with Gasteiger partial charge in [-0.05, 0) is 115 Å². The molecule has 68 heavy (non-hydrogen) atoms. The predicted molar refractivity (Wildman–Crippen MR) is 290 cm³/mol. The fourth-order valence-corrected chi connectivity index (χ4v) is 9.70. The third kappa shape index (κ3) is 45.4. The van der Waals surface area contributed by atoms with Gasteiger partial charge in [-0.1, -0.05) is 195 Å². The summed E-state index contributed by atoms with van der Waals surface area (Å²) in [6, 6.07) is 0.549. The number of esters is 2. The molecular formula is C59H117N3O6. The molecule has 3 N–H and O–H groups in total. The van der Waals surface area contributed by atoms with Crippen LogP contribution in [0.2, 0.25) is 0 Å². The lowest BCUT2D eigenvalue weighted by molar-refractivity contribution is -0.146. The van der Waals surface area contributed by atoms with E-state index in [4.69, 9.17) is 14.6 Å². The number of hydrogen-bond donors (Lipinski definition) is 3. The van der Waals surface area contributed by atoms with Crippen LogP contribution in [0.15, 0.2) is 0 Å². The van der Waals surface area contributed by atoms with Crippen molar-refractivity contribution in [3.8, 4) is 0 Å². The van der Waals surface area contributed by atoms with Crippen LogP contribution in [0.1, 0.15) is 291 Å². The van der Waals surface area contributed by atoms with Crippen molar-refractivity contribution in [3.05, 3.63) is 0 Å². The topological polar surface area (TPSA) is 117 Å². The molecule has 0 saturated carbocycles. The van der Waals surface area contributed by atoms with E-state index in [0.717, 1.165) is 64.7 Å². The number of rotatable bonds is 55. The van der Waals surface area contributed by atoms with Gasteiger partial charge in [-0.3, -0.25) is 14.4 Å². The van der Waals surface area contributed by atoms with Crippen LogP contribution in [-0.4, -0.2) is 86.4 Å². The van der Waals surface area contributed by atoms with E-state index >= 15 is 0 Å². The molecule has 0 rings (SSSR count). The number of nitrogens with one attached hydrogen (secondary N) is 2. The number of nitrogens with zero attached hydrogens (tertiary/aromatic N) is 1. The van der Waals surface area contributed by atoms with Gasteiger partial charge < -0.3 is 30.1 Å². The number of unbranched alkanes of at least 4 members (excludes halogenated alkanes) is 22. The predicted octanol–water partition coefficient (Wildman–Crippen LogP) is 15.4. The third-order valence-corrected chi connectivity index (χ3v) is 14.2. The van der Waals surface area contributed by atoms with Crippen molar-refractivity contribution in [1.82, 2.24) is 15.5 Å². The van der Waals surface area contributed by atoms with Gasteiger partial charge in [0.1, 0.15) is 0 Å². The highest BCUT2D eigenvalue weighted by molar-refractivity contribution is 5.75. The molecule has 0 aromatic carbocycles. The molecule has 404 valence electrons. The normalized spacial score (nSPS) is 12.9. The number of hydrogen-bond acceptors (Lipinski definition) is 8. The maximum atomic E-state index is 12.7. The van der Waals surface area contributed by atoms with E-state index in [1.165, 1.54) is 199 Å². The fraction of sp³-hybridized carbons (Fsp3) is 0.949. The Morgan fingerprint density at radius 2 is 0.794 bits per heavy atom. The van der Waals surface area contributed by atoms with E-state index in [-0.39, 0.29) is 24.5 Å². The van der Waals surface area contributed by atoms with E-state index in [9.17, 15) is 14.4 Å². The first-order valence-corrected chi connectivity index (χ1v) is 30.0. The van der Waals surface area contributed by atoms with Crippen LogP contribution in [0.5, 0.6) is 0 Å². The van der Waals surface area contributed by atoms with Crippen molar-refractivity contribution in [2.75, 3.05) is 52.5 Å². The molecule has 0 fully saturated rings. The van der Waals surface area contributed by atoms with Crippen LogP contribution in [0, 0.1) is 11.8 Å². The fourth-order valence-electron chi connectivity index (χ4n) is 9.70. The van der Waals surface area contributed by atoms with Gasteiger partial charge in [0.05, 0.1) is 19.8 Å². The molecule has 0 aliphatic rings. The van der Waals surface area contributed by atoms with E-state index in [1.807, 2.05) is 0 Å². The van der Waals surface area contributed by atoms with E-state index in [2.05, 4.69) is 50.2 Å².